The molecule has 4 nitrogen and oxygen atoms in total. The Bertz CT molecular complexity index is 435. The van der Waals surface area contributed by atoms with E-state index in [9.17, 15) is 5.11 Å². The van der Waals surface area contributed by atoms with Crippen molar-refractivity contribution in [1.29, 1.82) is 0 Å². The molecule has 1 aromatic heterocycles. The Hall–Kier alpha value is -1.16. The van der Waals surface area contributed by atoms with Gasteiger partial charge >= 0.3 is 0 Å². The Morgan fingerprint density at radius 3 is 2.94 bits per heavy atom. The number of hydrogen-bond acceptors (Lipinski definition) is 4. The second kappa shape index (κ2) is 4.84. The molecule has 0 aromatic carbocycles. The fourth-order valence-corrected chi connectivity index (χ4v) is 3.48. The molecule has 4 heteroatoms. The molecule has 2 atom stereocenters. The number of rotatable bonds is 2. The molecule has 3 rings (SSSR count). The van der Waals surface area contributed by atoms with Gasteiger partial charge in [0.15, 0.2) is 0 Å². The number of fused-ring (bicyclic) bond motifs is 1. The fraction of sp³-hybridized carbons (Fsp3) is 0.714. The Balaban J connectivity index is 1.87. The summed E-state index contributed by atoms with van der Waals surface area (Å²) in [5.41, 5.74) is 1.74. The van der Waals surface area contributed by atoms with Crippen LogP contribution in [0.15, 0.2) is 6.20 Å². The predicted octanol–water partition coefficient (Wildman–Crippen LogP) is 2.05. The number of aliphatic hydroxyl groups excluding tert-OH is 1. The zero-order valence-corrected chi connectivity index (χ0v) is 11.0. The van der Waals surface area contributed by atoms with E-state index in [0.29, 0.717) is 6.04 Å². The summed E-state index contributed by atoms with van der Waals surface area (Å²) in [6.45, 7) is 3.06. The molecule has 1 saturated carbocycles. The van der Waals surface area contributed by atoms with Gasteiger partial charge in [0.25, 0.3) is 0 Å². The minimum Gasteiger partial charge on any atom is -0.392 e. The smallest absolute Gasteiger partial charge is 0.225 e. The summed E-state index contributed by atoms with van der Waals surface area (Å²) in [7, 11) is 0. The van der Waals surface area contributed by atoms with Gasteiger partial charge in [0, 0.05) is 30.0 Å². The lowest BCUT2D eigenvalue weighted by atomic mass is 9.92. The topological polar surface area (TPSA) is 49.2 Å². The first kappa shape index (κ1) is 11.9. The highest BCUT2D eigenvalue weighted by Crippen LogP contribution is 2.38. The average Bonchev–Trinajstić information content (AvgIpc) is 2.86. The third-order valence-corrected chi connectivity index (χ3v) is 4.49. The summed E-state index contributed by atoms with van der Waals surface area (Å²) in [5.74, 6) is 1.71. The average molecular weight is 247 g/mol. The normalized spacial score (nSPS) is 27.3. The zero-order chi connectivity index (χ0) is 12.5. The summed E-state index contributed by atoms with van der Waals surface area (Å²) >= 11 is 0. The van der Waals surface area contributed by atoms with Gasteiger partial charge in [0.2, 0.25) is 5.95 Å². The van der Waals surface area contributed by atoms with E-state index < -0.39 is 0 Å². The lowest BCUT2D eigenvalue weighted by molar-refractivity contribution is 0.280. The van der Waals surface area contributed by atoms with Crippen LogP contribution in [0.2, 0.25) is 0 Å². The first-order valence-electron chi connectivity index (χ1n) is 6.99. The van der Waals surface area contributed by atoms with Crippen molar-refractivity contribution in [2.24, 2.45) is 5.92 Å². The second-order valence-corrected chi connectivity index (χ2v) is 5.53. The van der Waals surface area contributed by atoms with Crippen LogP contribution < -0.4 is 4.90 Å². The maximum atomic E-state index is 9.18. The highest BCUT2D eigenvalue weighted by molar-refractivity contribution is 5.35. The minimum absolute atomic E-state index is 0.0260. The van der Waals surface area contributed by atoms with Crippen molar-refractivity contribution in [3.8, 4) is 0 Å². The number of piperidine rings is 1. The van der Waals surface area contributed by atoms with Crippen LogP contribution in [0.5, 0.6) is 0 Å². The number of hydrogen-bond donors (Lipinski definition) is 1. The maximum Gasteiger partial charge on any atom is 0.225 e. The van der Waals surface area contributed by atoms with Crippen LogP contribution in [0.3, 0.4) is 0 Å². The minimum atomic E-state index is 0.0260. The van der Waals surface area contributed by atoms with Crippen molar-refractivity contribution in [3.05, 3.63) is 17.5 Å². The number of anilines is 1. The molecule has 2 heterocycles. The molecule has 0 radical (unpaired) electrons. The standard InChI is InChI=1S/C14H21N3O/c1-10-12(9-18)8-15-14(16-10)17-7-3-5-11-4-2-6-13(11)17/h8,11,13,18H,2-7,9H2,1H3. The summed E-state index contributed by atoms with van der Waals surface area (Å²) in [6, 6.07) is 0.651. The van der Waals surface area contributed by atoms with E-state index in [0.717, 1.165) is 29.7 Å². The van der Waals surface area contributed by atoms with Crippen LogP contribution in [0.4, 0.5) is 5.95 Å². The monoisotopic (exact) mass is 247 g/mol. The highest BCUT2D eigenvalue weighted by atomic mass is 16.3. The molecule has 2 unspecified atom stereocenters. The van der Waals surface area contributed by atoms with Gasteiger partial charge in [0.05, 0.1) is 6.61 Å². The van der Waals surface area contributed by atoms with Gasteiger partial charge in [0.1, 0.15) is 0 Å². The first-order chi connectivity index (χ1) is 8.79. The van der Waals surface area contributed by atoms with Gasteiger partial charge in [-0.1, -0.05) is 6.42 Å². The molecule has 0 amide bonds. The molecular formula is C14H21N3O. The molecule has 2 aliphatic rings. The Labute approximate surface area is 108 Å². The van der Waals surface area contributed by atoms with E-state index in [-0.39, 0.29) is 6.61 Å². The van der Waals surface area contributed by atoms with Crippen molar-refractivity contribution in [1.82, 2.24) is 9.97 Å². The molecule has 18 heavy (non-hydrogen) atoms. The van der Waals surface area contributed by atoms with E-state index in [1.807, 2.05) is 6.92 Å². The molecule has 1 N–H and O–H groups in total. The van der Waals surface area contributed by atoms with Crippen LogP contribution in [0.1, 0.15) is 43.4 Å². The van der Waals surface area contributed by atoms with Crippen LogP contribution in [0.25, 0.3) is 0 Å². The summed E-state index contributed by atoms with van der Waals surface area (Å²) < 4.78 is 0. The van der Waals surface area contributed by atoms with Crippen molar-refractivity contribution < 1.29 is 5.11 Å². The molecule has 1 aliphatic carbocycles. The lowest BCUT2D eigenvalue weighted by Crippen LogP contribution is -2.43. The van der Waals surface area contributed by atoms with E-state index in [4.69, 9.17) is 0 Å². The summed E-state index contributed by atoms with van der Waals surface area (Å²) in [4.78, 5) is 11.4. The lowest BCUT2D eigenvalue weighted by Gasteiger charge is -2.37. The second-order valence-electron chi connectivity index (χ2n) is 5.53. The number of aryl methyl sites for hydroxylation is 1. The number of aromatic nitrogens is 2. The largest absolute Gasteiger partial charge is 0.392 e. The molecule has 0 spiro atoms. The molecular weight excluding hydrogens is 226 g/mol. The fourth-order valence-electron chi connectivity index (χ4n) is 3.48. The van der Waals surface area contributed by atoms with Gasteiger partial charge in [-0.25, -0.2) is 9.97 Å². The highest BCUT2D eigenvalue weighted by Gasteiger charge is 2.36. The van der Waals surface area contributed by atoms with Crippen molar-refractivity contribution in [3.63, 3.8) is 0 Å². The van der Waals surface area contributed by atoms with Crippen LogP contribution in [-0.4, -0.2) is 27.7 Å². The third-order valence-electron chi connectivity index (χ3n) is 4.49. The molecule has 1 saturated heterocycles. The Morgan fingerprint density at radius 1 is 1.33 bits per heavy atom. The molecule has 1 aromatic rings. The van der Waals surface area contributed by atoms with Crippen LogP contribution in [-0.2, 0) is 6.61 Å². The van der Waals surface area contributed by atoms with Gasteiger partial charge in [-0.05, 0) is 38.5 Å². The number of nitrogens with zero attached hydrogens (tertiary/aromatic N) is 3. The van der Waals surface area contributed by atoms with Crippen molar-refractivity contribution in [2.75, 3.05) is 11.4 Å². The predicted molar refractivity (Wildman–Crippen MR) is 70.4 cm³/mol. The third kappa shape index (κ3) is 1.99. The molecule has 0 bridgehead atoms. The molecule has 1 aliphatic heterocycles. The van der Waals surface area contributed by atoms with E-state index in [1.165, 1.54) is 32.1 Å². The van der Waals surface area contributed by atoms with Gasteiger partial charge in [-0.15, -0.1) is 0 Å². The van der Waals surface area contributed by atoms with Crippen molar-refractivity contribution >= 4 is 5.95 Å². The van der Waals surface area contributed by atoms with Gasteiger partial charge in [-0.2, -0.15) is 0 Å². The molecule has 2 fully saturated rings. The van der Waals surface area contributed by atoms with Gasteiger partial charge < -0.3 is 10.0 Å². The molecule has 98 valence electrons. The van der Waals surface area contributed by atoms with E-state index >= 15 is 0 Å². The van der Waals surface area contributed by atoms with Gasteiger partial charge in [-0.3, -0.25) is 0 Å². The SMILES string of the molecule is Cc1nc(N2CCCC3CCCC32)ncc1CO. The summed E-state index contributed by atoms with van der Waals surface area (Å²) in [5, 5.41) is 9.18. The number of aliphatic hydroxyl groups is 1. The van der Waals surface area contributed by atoms with E-state index in [1.54, 1.807) is 6.20 Å². The van der Waals surface area contributed by atoms with E-state index in [2.05, 4.69) is 14.9 Å². The quantitative estimate of drug-likeness (QED) is 0.869. The Kier molecular flexibility index (Phi) is 3.20. The van der Waals surface area contributed by atoms with Crippen LogP contribution in [0, 0.1) is 12.8 Å². The first-order valence-corrected chi connectivity index (χ1v) is 6.99. The Morgan fingerprint density at radius 2 is 2.17 bits per heavy atom. The van der Waals surface area contributed by atoms with Crippen molar-refractivity contribution in [2.45, 2.75) is 51.7 Å². The maximum absolute atomic E-state index is 9.18. The summed E-state index contributed by atoms with van der Waals surface area (Å²) in [6.07, 6.45) is 8.40. The van der Waals surface area contributed by atoms with Crippen LogP contribution >= 0.6 is 0 Å². The zero-order valence-electron chi connectivity index (χ0n) is 11.0.